The maximum Gasteiger partial charge on any atom is 0.446 e. The number of carbonyl (C=O) groups is 1. The molecule has 2 aromatic carbocycles. The molecule has 0 aromatic heterocycles. The number of hydrogen-bond acceptors (Lipinski definition) is 4. The van der Waals surface area contributed by atoms with Gasteiger partial charge in [0.2, 0.25) is 10.0 Å². The zero-order valence-corrected chi connectivity index (χ0v) is 14.4. The summed E-state index contributed by atoms with van der Waals surface area (Å²) in [7, 11) is -3.39. The number of carbonyl (C=O) groups excluding carboxylic acids is 1. The second-order valence-corrected chi connectivity index (χ2v) is 7.86. The summed E-state index contributed by atoms with van der Waals surface area (Å²) in [6.07, 6.45) is 1.02. The Labute approximate surface area is 146 Å². The van der Waals surface area contributed by atoms with Crippen LogP contribution < -0.4 is 10.0 Å². The summed E-state index contributed by atoms with van der Waals surface area (Å²) in [5.41, 5.74) is -3.43. The van der Waals surface area contributed by atoms with Crippen LogP contribution in [0.2, 0.25) is 0 Å². The number of hydrogen-bond donors (Lipinski definition) is 2. The van der Waals surface area contributed by atoms with Gasteiger partial charge in [-0.25, -0.2) is 8.42 Å². The first kappa shape index (κ1) is 19.1. The lowest BCUT2D eigenvalue weighted by atomic mass is 10.2. The number of halogens is 3. The molecule has 0 aliphatic heterocycles. The molecule has 2 aromatic rings. The van der Waals surface area contributed by atoms with E-state index in [2.05, 4.69) is 10.0 Å². The van der Waals surface area contributed by atoms with E-state index in [9.17, 15) is 26.4 Å². The van der Waals surface area contributed by atoms with Gasteiger partial charge < -0.3 is 5.32 Å². The van der Waals surface area contributed by atoms with Crippen molar-refractivity contribution in [3.8, 4) is 0 Å². The van der Waals surface area contributed by atoms with Crippen molar-refractivity contribution in [2.75, 3.05) is 16.3 Å². The van der Waals surface area contributed by atoms with E-state index < -0.39 is 21.4 Å². The SMILES string of the molecule is CS(=O)(=O)Nc1ccc(NC(=O)c2ccc(SC(F)(F)F)cc2)cc1. The predicted octanol–water partition coefficient (Wildman–Crippen LogP) is 3.92. The maximum atomic E-state index is 12.3. The zero-order chi connectivity index (χ0) is 18.7. The summed E-state index contributed by atoms with van der Waals surface area (Å²) in [5.74, 6) is -0.493. The number of alkyl halides is 3. The van der Waals surface area contributed by atoms with Crippen molar-refractivity contribution in [3.05, 3.63) is 54.1 Å². The Kier molecular flexibility index (Phi) is 5.63. The molecule has 0 heterocycles. The number of nitrogens with one attached hydrogen (secondary N) is 2. The number of benzene rings is 2. The minimum Gasteiger partial charge on any atom is -0.322 e. The summed E-state index contributed by atoms with van der Waals surface area (Å²) in [5, 5.41) is 2.57. The van der Waals surface area contributed by atoms with Crippen LogP contribution in [0, 0.1) is 0 Å². The largest absolute Gasteiger partial charge is 0.446 e. The highest BCUT2D eigenvalue weighted by Crippen LogP contribution is 2.36. The molecule has 0 radical (unpaired) electrons. The standard InChI is InChI=1S/C15H13F3N2O3S2/c1-25(22,23)20-12-6-4-11(5-7-12)19-14(21)10-2-8-13(9-3-10)24-15(16,17)18/h2-9,20H,1H3,(H,19,21). The third-order valence-electron chi connectivity index (χ3n) is 2.80. The number of rotatable bonds is 5. The topological polar surface area (TPSA) is 75.3 Å². The van der Waals surface area contributed by atoms with Crippen molar-refractivity contribution in [2.24, 2.45) is 0 Å². The van der Waals surface area contributed by atoms with Crippen molar-refractivity contribution in [1.82, 2.24) is 0 Å². The van der Waals surface area contributed by atoms with Gasteiger partial charge in [-0.2, -0.15) is 13.2 Å². The van der Waals surface area contributed by atoms with Crippen molar-refractivity contribution in [2.45, 2.75) is 10.4 Å². The Morgan fingerprint density at radius 3 is 1.96 bits per heavy atom. The molecular formula is C15H13F3N2O3S2. The average molecular weight is 390 g/mol. The van der Waals surface area contributed by atoms with Crippen LogP contribution in [0.3, 0.4) is 0 Å². The molecule has 0 saturated heterocycles. The van der Waals surface area contributed by atoms with Crippen LogP contribution in [0.25, 0.3) is 0 Å². The Bertz CT molecular complexity index is 849. The van der Waals surface area contributed by atoms with Crippen molar-refractivity contribution in [1.29, 1.82) is 0 Å². The van der Waals surface area contributed by atoms with Crippen molar-refractivity contribution in [3.63, 3.8) is 0 Å². The van der Waals surface area contributed by atoms with Crippen LogP contribution in [0.5, 0.6) is 0 Å². The van der Waals surface area contributed by atoms with Crippen LogP contribution in [-0.4, -0.2) is 26.1 Å². The van der Waals surface area contributed by atoms with Crippen LogP contribution in [0.1, 0.15) is 10.4 Å². The molecule has 0 fully saturated rings. The molecule has 0 aliphatic rings. The van der Waals surface area contributed by atoms with E-state index >= 15 is 0 Å². The number of sulfonamides is 1. The fourth-order valence-electron chi connectivity index (χ4n) is 1.85. The van der Waals surface area contributed by atoms with Crippen LogP contribution in [-0.2, 0) is 10.0 Å². The molecule has 0 aliphatic carbocycles. The zero-order valence-electron chi connectivity index (χ0n) is 12.8. The number of thioether (sulfide) groups is 1. The van der Waals surface area contributed by atoms with Gasteiger partial charge >= 0.3 is 5.51 Å². The molecule has 25 heavy (non-hydrogen) atoms. The summed E-state index contributed by atoms with van der Waals surface area (Å²) >= 11 is -0.257. The quantitative estimate of drug-likeness (QED) is 0.759. The van der Waals surface area contributed by atoms with Crippen molar-refractivity contribution < 1.29 is 26.4 Å². The highest BCUT2D eigenvalue weighted by atomic mass is 32.2. The first-order chi connectivity index (χ1) is 11.5. The highest BCUT2D eigenvalue weighted by molar-refractivity contribution is 8.00. The molecule has 134 valence electrons. The van der Waals surface area contributed by atoms with E-state index in [1.165, 1.54) is 48.5 Å². The van der Waals surface area contributed by atoms with Gasteiger partial charge in [0.25, 0.3) is 5.91 Å². The highest BCUT2D eigenvalue weighted by Gasteiger charge is 2.29. The molecule has 2 N–H and O–H groups in total. The third kappa shape index (κ3) is 6.67. The predicted molar refractivity (Wildman–Crippen MR) is 91.2 cm³/mol. The second-order valence-electron chi connectivity index (χ2n) is 4.98. The van der Waals surface area contributed by atoms with E-state index in [0.717, 1.165) is 6.26 Å². The van der Waals surface area contributed by atoms with Gasteiger partial charge in [-0.3, -0.25) is 9.52 Å². The first-order valence-corrected chi connectivity index (χ1v) is 9.48. The Morgan fingerprint density at radius 2 is 1.48 bits per heavy atom. The average Bonchev–Trinajstić information content (AvgIpc) is 2.47. The molecule has 5 nitrogen and oxygen atoms in total. The second kappa shape index (κ2) is 7.36. The number of amides is 1. The van der Waals surface area contributed by atoms with Crippen LogP contribution in [0.4, 0.5) is 24.5 Å². The van der Waals surface area contributed by atoms with Gasteiger partial charge in [0, 0.05) is 21.8 Å². The Hall–Kier alpha value is -2.20. The normalized spacial score (nSPS) is 11.8. The molecule has 0 spiro atoms. The monoisotopic (exact) mass is 390 g/mol. The maximum absolute atomic E-state index is 12.3. The smallest absolute Gasteiger partial charge is 0.322 e. The van der Waals surface area contributed by atoms with E-state index in [0.29, 0.717) is 11.4 Å². The number of anilines is 2. The molecule has 0 saturated carbocycles. The van der Waals surface area contributed by atoms with Crippen LogP contribution >= 0.6 is 11.8 Å². The van der Waals surface area contributed by atoms with Gasteiger partial charge in [-0.1, -0.05) is 0 Å². The van der Waals surface area contributed by atoms with Gasteiger partial charge in [0.15, 0.2) is 0 Å². The molecule has 1 amide bonds. The lowest BCUT2D eigenvalue weighted by Gasteiger charge is -2.09. The summed E-state index contributed by atoms with van der Waals surface area (Å²) in [6.45, 7) is 0. The van der Waals surface area contributed by atoms with E-state index in [1.54, 1.807) is 0 Å². The van der Waals surface area contributed by atoms with Gasteiger partial charge in [-0.05, 0) is 60.3 Å². The third-order valence-corrected chi connectivity index (χ3v) is 4.14. The molecule has 0 atom stereocenters. The lowest BCUT2D eigenvalue weighted by Crippen LogP contribution is -2.12. The molecule has 2 rings (SSSR count). The van der Waals surface area contributed by atoms with Crippen LogP contribution in [0.15, 0.2) is 53.4 Å². The molecule has 0 bridgehead atoms. The Balaban J connectivity index is 2.02. The molecular weight excluding hydrogens is 377 g/mol. The van der Waals surface area contributed by atoms with Gasteiger partial charge in [0.1, 0.15) is 0 Å². The van der Waals surface area contributed by atoms with E-state index in [4.69, 9.17) is 0 Å². The minimum atomic E-state index is -4.38. The minimum absolute atomic E-state index is 0.0137. The summed E-state index contributed by atoms with van der Waals surface area (Å²) in [6, 6.07) is 11.0. The fourth-order valence-corrected chi connectivity index (χ4v) is 2.95. The fraction of sp³-hybridized carbons (Fsp3) is 0.133. The van der Waals surface area contributed by atoms with Gasteiger partial charge in [0.05, 0.1) is 6.26 Å². The molecule has 10 heteroatoms. The van der Waals surface area contributed by atoms with E-state index in [-0.39, 0.29) is 22.2 Å². The first-order valence-electron chi connectivity index (χ1n) is 6.77. The summed E-state index contributed by atoms with van der Waals surface area (Å²) in [4.78, 5) is 12.1. The lowest BCUT2D eigenvalue weighted by molar-refractivity contribution is -0.0328. The summed E-state index contributed by atoms with van der Waals surface area (Å²) < 4.78 is 61.3. The van der Waals surface area contributed by atoms with E-state index in [1.807, 2.05) is 0 Å². The van der Waals surface area contributed by atoms with Crippen molar-refractivity contribution >= 4 is 39.1 Å². The molecule has 0 unspecified atom stereocenters. The Morgan fingerprint density at radius 1 is 0.960 bits per heavy atom. The van der Waals surface area contributed by atoms with Gasteiger partial charge in [-0.15, -0.1) is 0 Å².